The molecule has 3 heteroatoms. The van der Waals surface area contributed by atoms with E-state index in [9.17, 15) is 0 Å². The lowest BCUT2D eigenvalue weighted by atomic mass is 10.1. The molecule has 1 aromatic rings. The van der Waals surface area contributed by atoms with Crippen molar-refractivity contribution < 1.29 is 0 Å². The van der Waals surface area contributed by atoms with Crippen molar-refractivity contribution in [2.24, 2.45) is 5.92 Å². The fourth-order valence-electron chi connectivity index (χ4n) is 0.989. The summed E-state index contributed by atoms with van der Waals surface area (Å²) in [4.78, 5) is 0. The zero-order valence-electron chi connectivity index (χ0n) is 7.99. The van der Waals surface area contributed by atoms with Gasteiger partial charge in [-0.1, -0.05) is 13.8 Å². The zero-order valence-corrected chi connectivity index (χ0v) is 7.99. The van der Waals surface area contributed by atoms with Crippen LogP contribution in [0.15, 0.2) is 12.1 Å². The summed E-state index contributed by atoms with van der Waals surface area (Å²) in [5.74, 6) is 0.678. The van der Waals surface area contributed by atoms with Gasteiger partial charge in [0.15, 0.2) is 5.69 Å². The Kier molecular flexibility index (Phi) is 3.39. The van der Waals surface area contributed by atoms with Crippen molar-refractivity contribution in [3.63, 3.8) is 0 Å². The summed E-state index contributed by atoms with van der Waals surface area (Å²) in [5, 5.41) is 16.2. The molecule has 0 spiro atoms. The SMILES string of the molecule is CC(C)CCc1ccc(C#N)nn1. The van der Waals surface area contributed by atoms with Gasteiger partial charge in [-0.2, -0.15) is 10.4 Å². The molecule has 1 heterocycles. The number of hydrogen-bond donors (Lipinski definition) is 0. The van der Waals surface area contributed by atoms with Crippen molar-refractivity contribution in [2.75, 3.05) is 0 Å². The molecular formula is C10H13N3. The van der Waals surface area contributed by atoms with E-state index in [0.29, 0.717) is 11.6 Å². The monoisotopic (exact) mass is 175 g/mol. The van der Waals surface area contributed by atoms with E-state index in [0.717, 1.165) is 18.5 Å². The Hall–Kier alpha value is -1.43. The first-order valence-electron chi connectivity index (χ1n) is 4.45. The number of aryl methyl sites for hydroxylation is 1. The number of nitriles is 1. The van der Waals surface area contributed by atoms with E-state index >= 15 is 0 Å². The first-order valence-corrected chi connectivity index (χ1v) is 4.45. The van der Waals surface area contributed by atoms with Gasteiger partial charge in [-0.05, 0) is 30.9 Å². The highest BCUT2D eigenvalue weighted by Crippen LogP contribution is 2.05. The largest absolute Gasteiger partial charge is 0.191 e. The van der Waals surface area contributed by atoms with Crippen LogP contribution in [-0.4, -0.2) is 10.2 Å². The molecule has 68 valence electrons. The Morgan fingerprint density at radius 1 is 1.38 bits per heavy atom. The Morgan fingerprint density at radius 2 is 2.15 bits per heavy atom. The molecule has 13 heavy (non-hydrogen) atoms. The molecule has 0 aliphatic heterocycles. The van der Waals surface area contributed by atoms with Gasteiger partial charge < -0.3 is 0 Å². The van der Waals surface area contributed by atoms with Gasteiger partial charge in [-0.15, -0.1) is 5.10 Å². The first kappa shape index (κ1) is 9.66. The van der Waals surface area contributed by atoms with Crippen molar-refractivity contribution in [2.45, 2.75) is 26.7 Å². The Morgan fingerprint density at radius 3 is 2.62 bits per heavy atom. The maximum atomic E-state index is 8.49. The van der Waals surface area contributed by atoms with E-state index in [4.69, 9.17) is 5.26 Å². The fraction of sp³-hybridized carbons (Fsp3) is 0.500. The molecule has 0 radical (unpaired) electrons. The lowest BCUT2D eigenvalue weighted by Crippen LogP contribution is -1.97. The van der Waals surface area contributed by atoms with Gasteiger partial charge in [0.2, 0.25) is 0 Å². The minimum Gasteiger partial charge on any atom is -0.191 e. The predicted octanol–water partition coefficient (Wildman–Crippen LogP) is 1.94. The molecule has 0 bridgehead atoms. The molecule has 0 aliphatic rings. The third-order valence-electron chi connectivity index (χ3n) is 1.81. The van der Waals surface area contributed by atoms with Crippen LogP contribution < -0.4 is 0 Å². The average Bonchev–Trinajstić information content (AvgIpc) is 2.15. The maximum absolute atomic E-state index is 8.49. The van der Waals surface area contributed by atoms with Crippen LogP contribution in [0.5, 0.6) is 0 Å². The first-order chi connectivity index (χ1) is 6.22. The highest BCUT2D eigenvalue weighted by Gasteiger charge is 1.99. The Labute approximate surface area is 78.4 Å². The van der Waals surface area contributed by atoms with E-state index in [2.05, 4.69) is 24.0 Å². The zero-order chi connectivity index (χ0) is 9.68. The second-order valence-corrected chi connectivity index (χ2v) is 3.45. The molecule has 0 N–H and O–H groups in total. The van der Waals surface area contributed by atoms with Crippen LogP contribution in [0.2, 0.25) is 0 Å². The van der Waals surface area contributed by atoms with Crippen molar-refractivity contribution >= 4 is 0 Å². The van der Waals surface area contributed by atoms with Crippen LogP contribution in [0, 0.1) is 17.2 Å². The van der Waals surface area contributed by atoms with Gasteiger partial charge in [-0.3, -0.25) is 0 Å². The number of aromatic nitrogens is 2. The lowest BCUT2D eigenvalue weighted by Gasteiger charge is -2.02. The second-order valence-electron chi connectivity index (χ2n) is 3.45. The van der Waals surface area contributed by atoms with Gasteiger partial charge in [0.1, 0.15) is 6.07 Å². The van der Waals surface area contributed by atoms with Crippen LogP contribution in [-0.2, 0) is 6.42 Å². The van der Waals surface area contributed by atoms with Gasteiger partial charge in [-0.25, -0.2) is 0 Å². The molecule has 1 rings (SSSR count). The molecule has 0 aliphatic carbocycles. The Balaban J connectivity index is 2.55. The predicted molar refractivity (Wildman–Crippen MR) is 49.9 cm³/mol. The highest BCUT2D eigenvalue weighted by atomic mass is 15.1. The molecule has 0 saturated heterocycles. The fourth-order valence-corrected chi connectivity index (χ4v) is 0.989. The molecule has 0 amide bonds. The summed E-state index contributed by atoms with van der Waals surface area (Å²) in [6.45, 7) is 4.36. The second kappa shape index (κ2) is 4.56. The molecule has 3 nitrogen and oxygen atoms in total. The van der Waals surface area contributed by atoms with E-state index in [-0.39, 0.29) is 0 Å². The van der Waals surface area contributed by atoms with E-state index < -0.39 is 0 Å². The molecule has 0 saturated carbocycles. The lowest BCUT2D eigenvalue weighted by molar-refractivity contribution is 0.578. The number of nitrogens with zero attached hydrogens (tertiary/aromatic N) is 3. The summed E-state index contributed by atoms with van der Waals surface area (Å²) in [5.41, 5.74) is 1.35. The minimum absolute atomic E-state index is 0.383. The van der Waals surface area contributed by atoms with Crippen molar-refractivity contribution in [3.05, 3.63) is 23.5 Å². The third kappa shape index (κ3) is 3.20. The van der Waals surface area contributed by atoms with E-state index in [1.54, 1.807) is 6.07 Å². The third-order valence-corrected chi connectivity index (χ3v) is 1.81. The van der Waals surface area contributed by atoms with Gasteiger partial charge in [0.25, 0.3) is 0 Å². The summed E-state index contributed by atoms with van der Waals surface area (Å²) in [6, 6.07) is 5.53. The normalized spacial score (nSPS) is 10.0. The van der Waals surface area contributed by atoms with Gasteiger partial charge >= 0.3 is 0 Å². The van der Waals surface area contributed by atoms with Crippen LogP contribution in [0.3, 0.4) is 0 Å². The van der Waals surface area contributed by atoms with Crippen molar-refractivity contribution in [1.82, 2.24) is 10.2 Å². The van der Waals surface area contributed by atoms with Crippen molar-refractivity contribution in [3.8, 4) is 6.07 Å². The smallest absolute Gasteiger partial charge is 0.163 e. The van der Waals surface area contributed by atoms with Crippen LogP contribution in [0.1, 0.15) is 31.7 Å². The van der Waals surface area contributed by atoms with E-state index in [1.807, 2.05) is 12.1 Å². The maximum Gasteiger partial charge on any atom is 0.163 e. The highest BCUT2D eigenvalue weighted by molar-refractivity contribution is 5.18. The topological polar surface area (TPSA) is 49.6 Å². The standard InChI is InChI=1S/C10H13N3/c1-8(2)3-4-9-5-6-10(7-11)13-12-9/h5-6,8H,3-4H2,1-2H3. The summed E-state index contributed by atoms with van der Waals surface area (Å²) in [7, 11) is 0. The van der Waals surface area contributed by atoms with Crippen molar-refractivity contribution in [1.29, 1.82) is 5.26 Å². The molecule has 0 atom stereocenters. The summed E-state index contributed by atoms with van der Waals surface area (Å²) >= 11 is 0. The molecular weight excluding hydrogens is 162 g/mol. The molecule has 0 aromatic carbocycles. The average molecular weight is 175 g/mol. The molecule has 1 aromatic heterocycles. The summed E-state index contributed by atoms with van der Waals surface area (Å²) in [6.07, 6.45) is 2.05. The van der Waals surface area contributed by atoms with Crippen LogP contribution in [0.4, 0.5) is 0 Å². The number of rotatable bonds is 3. The van der Waals surface area contributed by atoms with Gasteiger partial charge in [0, 0.05) is 0 Å². The quantitative estimate of drug-likeness (QED) is 0.705. The van der Waals surface area contributed by atoms with Crippen LogP contribution >= 0.6 is 0 Å². The number of hydrogen-bond acceptors (Lipinski definition) is 3. The van der Waals surface area contributed by atoms with Crippen LogP contribution in [0.25, 0.3) is 0 Å². The minimum atomic E-state index is 0.383. The molecule has 0 unspecified atom stereocenters. The van der Waals surface area contributed by atoms with Gasteiger partial charge in [0.05, 0.1) is 5.69 Å². The summed E-state index contributed by atoms with van der Waals surface area (Å²) < 4.78 is 0. The van der Waals surface area contributed by atoms with E-state index in [1.165, 1.54) is 0 Å². The molecule has 0 fully saturated rings. The Bertz CT molecular complexity index is 295.